The molecule has 0 unspecified atom stereocenters. The number of nitrogens with zero attached hydrogens (tertiary/aromatic N) is 1. The van der Waals surface area contributed by atoms with Gasteiger partial charge in [-0.05, 0) is 26.7 Å². The molecule has 1 aliphatic heterocycles. The van der Waals surface area contributed by atoms with Gasteiger partial charge < -0.3 is 4.90 Å². The predicted octanol–water partition coefficient (Wildman–Crippen LogP) is 1.97. The molecule has 2 aliphatic rings. The van der Waals surface area contributed by atoms with E-state index in [1.807, 2.05) is 18.7 Å². The minimum atomic E-state index is 0.206. The number of amides is 1. The van der Waals surface area contributed by atoms with Crippen LogP contribution in [-0.2, 0) is 4.79 Å². The molecule has 0 N–H and O–H groups in total. The highest BCUT2D eigenvalue weighted by Gasteiger charge is 2.48. The summed E-state index contributed by atoms with van der Waals surface area (Å²) >= 11 is 0. The first-order valence-corrected chi connectivity index (χ1v) is 5.05. The van der Waals surface area contributed by atoms with Crippen molar-refractivity contribution in [1.82, 2.24) is 4.90 Å². The third-order valence-electron chi connectivity index (χ3n) is 3.19. The monoisotopic (exact) mass is 179 g/mol. The van der Waals surface area contributed by atoms with E-state index in [9.17, 15) is 4.79 Å². The molecule has 13 heavy (non-hydrogen) atoms. The van der Waals surface area contributed by atoms with Crippen molar-refractivity contribution < 1.29 is 4.79 Å². The van der Waals surface area contributed by atoms with Gasteiger partial charge in [0.2, 0.25) is 5.91 Å². The van der Waals surface area contributed by atoms with Gasteiger partial charge in [0.25, 0.3) is 0 Å². The number of hydrogen-bond donors (Lipinski definition) is 0. The molecule has 0 radical (unpaired) electrons. The minimum Gasteiger partial charge on any atom is -0.338 e. The number of likely N-dealkylation sites (tertiary alicyclic amines) is 1. The summed E-state index contributed by atoms with van der Waals surface area (Å²) in [5, 5.41) is 0. The van der Waals surface area contributed by atoms with Gasteiger partial charge in [0.15, 0.2) is 0 Å². The Balaban J connectivity index is 1.86. The first-order chi connectivity index (χ1) is 6.11. The lowest BCUT2D eigenvalue weighted by molar-refractivity contribution is -0.144. The number of rotatable bonds is 1. The molecule has 0 atom stereocenters. The Bertz CT molecular complexity index is 251. The highest BCUT2D eigenvalue weighted by molar-refractivity contribution is 5.88. The number of carbonyl (C=O) groups excluding carboxylic acids is 1. The van der Waals surface area contributed by atoms with Crippen LogP contribution in [0, 0.1) is 5.41 Å². The molecule has 1 saturated carbocycles. The van der Waals surface area contributed by atoms with Crippen LogP contribution in [0.3, 0.4) is 0 Å². The molecule has 1 spiro atoms. The largest absolute Gasteiger partial charge is 0.338 e. The smallest absolute Gasteiger partial charge is 0.246 e. The molecule has 2 fully saturated rings. The van der Waals surface area contributed by atoms with Crippen molar-refractivity contribution >= 4 is 5.91 Å². The second-order valence-electron chi connectivity index (χ2n) is 4.77. The van der Waals surface area contributed by atoms with Crippen molar-refractivity contribution in [2.45, 2.75) is 33.1 Å². The summed E-state index contributed by atoms with van der Waals surface area (Å²) in [7, 11) is 0. The second-order valence-corrected chi connectivity index (χ2v) is 4.77. The van der Waals surface area contributed by atoms with Crippen LogP contribution in [0.15, 0.2) is 11.6 Å². The first-order valence-electron chi connectivity index (χ1n) is 5.05. The normalized spacial score (nSPS) is 23.4. The van der Waals surface area contributed by atoms with Crippen LogP contribution in [-0.4, -0.2) is 23.9 Å². The lowest BCUT2D eigenvalue weighted by Crippen LogP contribution is -2.61. The SMILES string of the molecule is CC(C)=CC(=O)N1CC2(CCC2)C1. The van der Waals surface area contributed by atoms with Gasteiger partial charge in [-0.1, -0.05) is 12.0 Å². The van der Waals surface area contributed by atoms with Crippen molar-refractivity contribution in [3.63, 3.8) is 0 Å². The average Bonchev–Trinajstić information content (AvgIpc) is 1.77. The van der Waals surface area contributed by atoms with E-state index in [0.717, 1.165) is 18.7 Å². The van der Waals surface area contributed by atoms with Gasteiger partial charge in [-0.2, -0.15) is 0 Å². The molecule has 2 heteroatoms. The van der Waals surface area contributed by atoms with E-state index in [4.69, 9.17) is 0 Å². The fourth-order valence-electron chi connectivity index (χ4n) is 2.25. The van der Waals surface area contributed by atoms with E-state index >= 15 is 0 Å². The molecule has 0 aromatic heterocycles. The molecule has 2 rings (SSSR count). The maximum absolute atomic E-state index is 11.5. The van der Waals surface area contributed by atoms with Crippen LogP contribution in [0.25, 0.3) is 0 Å². The molecule has 0 bridgehead atoms. The van der Waals surface area contributed by atoms with Crippen LogP contribution in [0.4, 0.5) is 0 Å². The van der Waals surface area contributed by atoms with Gasteiger partial charge in [-0.3, -0.25) is 4.79 Å². The van der Waals surface area contributed by atoms with Crippen LogP contribution in [0.5, 0.6) is 0 Å². The van der Waals surface area contributed by atoms with Crippen molar-refractivity contribution in [1.29, 1.82) is 0 Å². The Kier molecular flexibility index (Phi) is 1.94. The summed E-state index contributed by atoms with van der Waals surface area (Å²) in [5.41, 5.74) is 1.66. The maximum atomic E-state index is 11.5. The quantitative estimate of drug-likeness (QED) is 0.563. The van der Waals surface area contributed by atoms with Crippen LogP contribution in [0.2, 0.25) is 0 Å². The molecule has 1 saturated heterocycles. The molecule has 1 heterocycles. The van der Waals surface area contributed by atoms with E-state index in [1.54, 1.807) is 6.08 Å². The van der Waals surface area contributed by atoms with Crippen LogP contribution >= 0.6 is 0 Å². The van der Waals surface area contributed by atoms with Crippen molar-refractivity contribution in [2.24, 2.45) is 5.41 Å². The number of allylic oxidation sites excluding steroid dienone is 1. The van der Waals surface area contributed by atoms with E-state index in [0.29, 0.717) is 5.41 Å². The summed E-state index contributed by atoms with van der Waals surface area (Å²) in [6.45, 7) is 5.96. The van der Waals surface area contributed by atoms with Crippen LogP contribution in [0.1, 0.15) is 33.1 Å². The fourth-order valence-corrected chi connectivity index (χ4v) is 2.25. The molecule has 0 aromatic carbocycles. The summed E-state index contributed by atoms with van der Waals surface area (Å²) in [5.74, 6) is 0.206. The van der Waals surface area contributed by atoms with Gasteiger partial charge in [-0.25, -0.2) is 0 Å². The summed E-state index contributed by atoms with van der Waals surface area (Å²) in [4.78, 5) is 13.5. The second kappa shape index (κ2) is 2.86. The predicted molar refractivity (Wildman–Crippen MR) is 52.3 cm³/mol. The fraction of sp³-hybridized carbons (Fsp3) is 0.727. The number of carbonyl (C=O) groups is 1. The van der Waals surface area contributed by atoms with Gasteiger partial charge >= 0.3 is 0 Å². The molecule has 1 amide bonds. The lowest BCUT2D eigenvalue weighted by atomic mass is 9.63. The molecule has 2 nitrogen and oxygen atoms in total. The Morgan fingerprint density at radius 3 is 2.31 bits per heavy atom. The molecule has 0 aromatic rings. The Hall–Kier alpha value is -0.790. The van der Waals surface area contributed by atoms with E-state index in [1.165, 1.54) is 19.3 Å². The van der Waals surface area contributed by atoms with Gasteiger partial charge in [0.05, 0.1) is 0 Å². The van der Waals surface area contributed by atoms with Gasteiger partial charge in [0.1, 0.15) is 0 Å². The number of hydrogen-bond acceptors (Lipinski definition) is 1. The van der Waals surface area contributed by atoms with E-state index in [2.05, 4.69) is 0 Å². The maximum Gasteiger partial charge on any atom is 0.246 e. The third kappa shape index (κ3) is 1.50. The highest BCUT2D eigenvalue weighted by Crippen LogP contribution is 2.48. The molecular formula is C11H17NO. The van der Waals surface area contributed by atoms with E-state index in [-0.39, 0.29) is 5.91 Å². The lowest BCUT2D eigenvalue weighted by Gasteiger charge is -2.55. The summed E-state index contributed by atoms with van der Waals surface area (Å²) in [6.07, 6.45) is 5.79. The summed E-state index contributed by atoms with van der Waals surface area (Å²) in [6, 6.07) is 0. The molecule has 1 aliphatic carbocycles. The van der Waals surface area contributed by atoms with Crippen molar-refractivity contribution in [2.75, 3.05) is 13.1 Å². The first kappa shape index (κ1) is 8.79. The van der Waals surface area contributed by atoms with E-state index < -0.39 is 0 Å². The highest BCUT2D eigenvalue weighted by atomic mass is 16.2. The topological polar surface area (TPSA) is 20.3 Å². The third-order valence-corrected chi connectivity index (χ3v) is 3.19. The van der Waals surface area contributed by atoms with Crippen molar-refractivity contribution in [3.8, 4) is 0 Å². The van der Waals surface area contributed by atoms with Crippen molar-refractivity contribution in [3.05, 3.63) is 11.6 Å². The zero-order valence-electron chi connectivity index (χ0n) is 8.47. The molecular weight excluding hydrogens is 162 g/mol. The summed E-state index contributed by atoms with van der Waals surface area (Å²) < 4.78 is 0. The van der Waals surface area contributed by atoms with Crippen LogP contribution < -0.4 is 0 Å². The average molecular weight is 179 g/mol. The molecule has 72 valence electrons. The Morgan fingerprint density at radius 1 is 1.31 bits per heavy atom. The van der Waals surface area contributed by atoms with Gasteiger partial charge in [0, 0.05) is 24.6 Å². The zero-order chi connectivity index (χ0) is 9.47. The standard InChI is InChI=1S/C11H17NO/c1-9(2)6-10(13)12-7-11(8-12)4-3-5-11/h6H,3-5,7-8H2,1-2H3. The minimum absolute atomic E-state index is 0.206. The van der Waals surface area contributed by atoms with Gasteiger partial charge in [-0.15, -0.1) is 0 Å². The zero-order valence-corrected chi connectivity index (χ0v) is 8.47. The Labute approximate surface area is 79.6 Å². The Morgan fingerprint density at radius 2 is 1.92 bits per heavy atom.